The van der Waals surface area contributed by atoms with Gasteiger partial charge in [0.25, 0.3) is 0 Å². The summed E-state index contributed by atoms with van der Waals surface area (Å²) in [5, 5.41) is 3.38. The van der Waals surface area contributed by atoms with Crippen LogP contribution in [0.25, 0.3) is 0 Å². The normalized spacial score (nSPS) is 16.4. The van der Waals surface area contributed by atoms with Crippen molar-refractivity contribution < 1.29 is 9.53 Å². The predicted molar refractivity (Wildman–Crippen MR) is 56.1 cm³/mol. The molecule has 0 atom stereocenters. The number of rotatable bonds is 7. The Hall–Kier alpha value is -0.570. The summed E-state index contributed by atoms with van der Waals surface area (Å²) in [6.45, 7) is 4.40. The molecule has 0 bridgehead atoms. The van der Waals surface area contributed by atoms with Crippen molar-refractivity contribution in [3.63, 3.8) is 0 Å². The second-order valence-electron chi connectivity index (χ2n) is 3.91. The van der Waals surface area contributed by atoms with Crippen LogP contribution in [-0.4, -0.2) is 25.7 Å². The van der Waals surface area contributed by atoms with Crippen molar-refractivity contribution in [2.24, 2.45) is 5.92 Å². The highest BCUT2D eigenvalue weighted by Crippen LogP contribution is 2.24. The molecule has 1 fully saturated rings. The third kappa shape index (κ3) is 4.61. The SMILES string of the molecule is CCOC(=O)CCCNCC1CCC1. The van der Waals surface area contributed by atoms with Crippen molar-refractivity contribution in [3.8, 4) is 0 Å². The molecule has 3 nitrogen and oxygen atoms in total. The van der Waals surface area contributed by atoms with Crippen LogP contribution in [0.5, 0.6) is 0 Å². The molecule has 3 heteroatoms. The fraction of sp³-hybridized carbons (Fsp3) is 0.909. The number of ether oxygens (including phenoxy) is 1. The van der Waals surface area contributed by atoms with Gasteiger partial charge in [-0.3, -0.25) is 4.79 Å². The summed E-state index contributed by atoms with van der Waals surface area (Å²) in [5.74, 6) is 0.829. The number of nitrogens with one attached hydrogen (secondary N) is 1. The molecule has 0 aromatic heterocycles. The zero-order chi connectivity index (χ0) is 10.2. The maximum Gasteiger partial charge on any atom is 0.305 e. The highest BCUT2D eigenvalue weighted by Gasteiger charge is 2.16. The zero-order valence-electron chi connectivity index (χ0n) is 9.05. The molecule has 1 rings (SSSR count). The molecule has 0 spiro atoms. The lowest BCUT2D eigenvalue weighted by molar-refractivity contribution is -0.143. The van der Waals surface area contributed by atoms with Crippen LogP contribution in [0.4, 0.5) is 0 Å². The van der Waals surface area contributed by atoms with E-state index in [-0.39, 0.29) is 5.97 Å². The van der Waals surface area contributed by atoms with Crippen molar-refractivity contribution in [2.75, 3.05) is 19.7 Å². The van der Waals surface area contributed by atoms with E-state index in [4.69, 9.17) is 4.74 Å². The van der Waals surface area contributed by atoms with Crippen LogP contribution in [0.15, 0.2) is 0 Å². The van der Waals surface area contributed by atoms with E-state index in [1.165, 1.54) is 19.3 Å². The summed E-state index contributed by atoms with van der Waals surface area (Å²) in [4.78, 5) is 11.0. The van der Waals surface area contributed by atoms with Gasteiger partial charge in [-0.1, -0.05) is 6.42 Å². The topological polar surface area (TPSA) is 38.3 Å². The number of carbonyl (C=O) groups is 1. The average molecular weight is 199 g/mol. The van der Waals surface area contributed by atoms with E-state index in [0.29, 0.717) is 13.0 Å². The van der Waals surface area contributed by atoms with E-state index in [2.05, 4.69) is 5.32 Å². The predicted octanol–water partition coefficient (Wildman–Crippen LogP) is 1.72. The molecule has 1 saturated carbocycles. The van der Waals surface area contributed by atoms with Crippen LogP contribution in [0, 0.1) is 5.92 Å². The standard InChI is InChI=1S/C11H21NO2/c1-2-14-11(13)7-4-8-12-9-10-5-3-6-10/h10,12H,2-9H2,1H3. The molecule has 0 heterocycles. The molecule has 0 radical (unpaired) electrons. The van der Waals surface area contributed by atoms with Gasteiger partial charge in [-0.25, -0.2) is 0 Å². The van der Waals surface area contributed by atoms with E-state index in [0.717, 1.165) is 25.4 Å². The first-order valence-corrected chi connectivity index (χ1v) is 5.69. The van der Waals surface area contributed by atoms with Crippen LogP contribution in [0.1, 0.15) is 39.0 Å². The van der Waals surface area contributed by atoms with Crippen molar-refractivity contribution in [1.29, 1.82) is 0 Å². The lowest BCUT2D eigenvalue weighted by atomic mass is 9.85. The van der Waals surface area contributed by atoms with Gasteiger partial charge in [-0.05, 0) is 45.2 Å². The Labute approximate surface area is 86.2 Å². The van der Waals surface area contributed by atoms with E-state index >= 15 is 0 Å². The third-order valence-electron chi connectivity index (χ3n) is 2.70. The lowest BCUT2D eigenvalue weighted by Gasteiger charge is -2.25. The molecule has 0 unspecified atom stereocenters. The first kappa shape index (κ1) is 11.5. The summed E-state index contributed by atoms with van der Waals surface area (Å²) in [6, 6.07) is 0. The van der Waals surface area contributed by atoms with Crippen molar-refractivity contribution >= 4 is 5.97 Å². The maximum absolute atomic E-state index is 11.0. The van der Waals surface area contributed by atoms with Crippen molar-refractivity contribution in [1.82, 2.24) is 5.32 Å². The number of hydrogen-bond donors (Lipinski definition) is 1. The van der Waals surface area contributed by atoms with Gasteiger partial charge in [-0.15, -0.1) is 0 Å². The second-order valence-corrected chi connectivity index (χ2v) is 3.91. The van der Waals surface area contributed by atoms with Gasteiger partial charge in [0.15, 0.2) is 0 Å². The first-order chi connectivity index (χ1) is 6.83. The van der Waals surface area contributed by atoms with E-state index in [1.807, 2.05) is 6.92 Å². The van der Waals surface area contributed by atoms with E-state index in [1.54, 1.807) is 0 Å². The minimum atomic E-state index is -0.0713. The highest BCUT2D eigenvalue weighted by atomic mass is 16.5. The molecule has 82 valence electrons. The Morgan fingerprint density at radius 1 is 1.50 bits per heavy atom. The molecule has 0 aliphatic heterocycles. The van der Waals surface area contributed by atoms with E-state index < -0.39 is 0 Å². The monoisotopic (exact) mass is 199 g/mol. The number of esters is 1. The molecule has 0 aromatic carbocycles. The molecule has 0 aromatic rings. The van der Waals surface area contributed by atoms with Crippen LogP contribution in [-0.2, 0) is 9.53 Å². The Bertz CT molecular complexity index is 167. The van der Waals surface area contributed by atoms with Crippen molar-refractivity contribution in [2.45, 2.75) is 39.0 Å². The molecule has 1 aliphatic carbocycles. The largest absolute Gasteiger partial charge is 0.466 e. The maximum atomic E-state index is 11.0. The third-order valence-corrected chi connectivity index (χ3v) is 2.70. The smallest absolute Gasteiger partial charge is 0.305 e. The molecular weight excluding hydrogens is 178 g/mol. The Morgan fingerprint density at radius 3 is 2.86 bits per heavy atom. The van der Waals surface area contributed by atoms with Gasteiger partial charge in [0.1, 0.15) is 0 Å². The molecular formula is C11H21NO2. The minimum Gasteiger partial charge on any atom is -0.466 e. The van der Waals surface area contributed by atoms with Crippen LogP contribution in [0.3, 0.4) is 0 Å². The summed E-state index contributed by atoms with van der Waals surface area (Å²) in [5.41, 5.74) is 0. The zero-order valence-corrected chi connectivity index (χ0v) is 9.05. The van der Waals surface area contributed by atoms with Gasteiger partial charge in [0.2, 0.25) is 0 Å². The van der Waals surface area contributed by atoms with Gasteiger partial charge in [-0.2, -0.15) is 0 Å². The summed E-state index contributed by atoms with van der Waals surface area (Å²) in [7, 11) is 0. The molecule has 1 N–H and O–H groups in total. The number of carbonyl (C=O) groups excluding carboxylic acids is 1. The summed E-state index contributed by atoms with van der Waals surface area (Å²) >= 11 is 0. The van der Waals surface area contributed by atoms with Gasteiger partial charge in [0.05, 0.1) is 6.61 Å². The molecule has 0 amide bonds. The van der Waals surface area contributed by atoms with Gasteiger partial charge >= 0.3 is 5.97 Å². The molecule has 14 heavy (non-hydrogen) atoms. The lowest BCUT2D eigenvalue weighted by Crippen LogP contribution is -2.28. The minimum absolute atomic E-state index is 0.0713. The highest BCUT2D eigenvalue weighted by molar-refractivity contribution is 5.69. The van der Waals surface area contributed by atoms with Crippen molar-refractivity contribution in [3.05, 3.63) is 0 Å². The Morgan fingerprint density at radius 2 is 2.29 bits per heavy atom. The second kappa shape index (κ2) is 6.82. The fourth-order valence-corrected chi connectivity index (χ4v) is 1.59. The fourth-order valence-electron chi connectivity index (χ4n) is 1.59. The summed E-state index contributed by atoms with van der Waals surface area (Å²) in [6.07, 6.45) is 5.60. The first-order valence-electron chi connectivity index (χ1n) is 5.69. The van der Waals surface area contributed by atoms with Crippen LogP contribution in [0.2, 0.25) is 0 Å². The van der Waals surface area contributed by atoms with E-state index in [9.17, 15) is 4.79 Å². The Kier molecular flexibility index (Phi) is 5.60. The Balaban J connectivity index is 1.81. The summed E-state index contributed by atoms with van der Waals surface area (Å²) < 4.78 is 4.84. The van der Waals surface area contributed by atoms with Crippen LogP contribution < -0.4 is 5.32 Å². The number of hydrogen-bond acceptors (Lipinski definition) is 3. The quantitative estimate of drug-likeness (QED) is 0.501. The molecule has 0 saturated heterocycles. The van der Waals surface area contributed by atoms with Crippen LogP contribution >= 0.6 is 0 Å². The molecule has 1 aliphatic rings. The van der Waals surface area contributed by atoms with Gasteiger partial charge < -0.3 is 10.1 Å². The average Bonchev–Trinajstić information content (AvgIpc) is 2.08. The van der Waals surface area contributed by atoms with Gasteiger partial charge in [0, 0.05) is 6.42 Å².